The van der Waals surface area contributed by atoms with Gasteiger partial charge < -0.3 is 19.5 Å². The van der Waals surface area contributed by atoms with Crippen molar-refractivity contribution in [2.24, 2.45) is 11.8 Å². The van der Waals surface area contributed by atoms with E-state index in [1.54, 1.807) is 49.6 Å². The molecule has 7 heteroatoms. The summed E-state index contributed by atoms with van der Waals surface area (Å²) in [6, 6.07) is 13.8. The Morgan fingerprint density at radius 2 is 1.97 bits per heavy atom. The van der Waals surface area contributed by atoms with Gasteiger partial charge in [0.15, 0.2) is 0 Å². The number of amides is 1. The quantitative estimate of drug-likeness (QED) is 0.675. The van der Waals surface area contributed by atoms with E-state index in [-0.39, 0.29) is 36.2 Å². The number of nitriles is 1. The van der Waals surface area contributed by atoms with Crippen molar-refractivity contribution in [1.82, 2.24) is 0 Å². The first-order chi connectivity index (χ1) is 14.9. The number of fused-ring (bicyclic) bond motifs is 1. The van der Waals surface area contributed by atoms with Gasteiger partial charge in [0.05, 0.1) is 37.4 Å². The minimum atomic E-state index is -0.359. The van der Waals surface area contributed by atoms with Crippen molar-refractivity contribution in [3.8, 4) is 11.8 Å². The van der Waals surface area contributed by atoms with E-state index in [4.69, 9.17) is 19.5 Å². The van der Waals surface area contributed by atoms with Gasteiger partial charge in [0.2, 0.25) is 0 Å². The van der Waals surface area contributed by atoms with Gasteiger partial charge in [-0.25, -0.2) is 0 Å². The number of carbonyl (C=O) groups excluding carboxylic acids is 2. The molecule has 0 fully saturated rings. The predicted octanol–water partition coefficient (Wildman–Crippen LogP) is 4.10. The van der Waals surface area contributed by atoms with E-state index in [2.05, 4.69) is 5.32 Å². The highest BCUT2D eigenvalue weighted by Crippen LogP contribution is 2.40. The van der Waals surface area contributed by atoms with Gasteiger partial charge in [-0.1, -0.05) is 13.8 Å². The Labute approximate surface area is 181 Å². The van der Waals surface area contributed by atoms with Crippen LogP contribution < -0.4 is 10.1 Å². The van der Waals surface area contributed by atoms with Crippen LogP contribution >= 0.6 is 0 Å². The van der Waals surface area contributed by atoms with Crippen LogP contribution in [0.1, 0.15) is 47.9 Å². The van der Waals surface area contributed by atoms with Crippen LogP contribution in [-0.4, -0.2) is 32.2 Å². The molecule has 0 aromatic heterocycles. The van der Waals surface area contributed by atoms with E-state index in [1.165, 1.54) is 0 Å². The number of anilines is 1. The molecule has 1 heterocycles. The Morgan fingerprint density at radius 3 is 2.61 bits per heavy atom. The highest BCUT2D eigenvalue weighted by atomic mass is 16.5. The fourth-order valence-electron chi connectivity index (χ4n) is 3.44. The number of methoxy groups -OCH3 is 1. The molecule has 0 aliphatic carbocycles. The molecule has 1 N–H and O–H groups in total. The second-order valence-corrected chi connectivity index (χ2v) is 7.90. The van der Waals surface area contributed by atoms with Gasteiger partial charge in [0.1, 0.15) is 5.75 Å². The molecule has 0 radical (unpaired) electrons. The molecule has 2 atom stereocenters. The summed E-state index contributed by atoms with van der Waals surface area (Å²) in [6.45, 7) is 4.70. The van der Waals surface area contributed by atoms with E-state index in [0.29, 0.717) is 35.8 Å². The first-order valence-corrected chi connectivity index (χ1v) is 10.2. The van der Waals surface area contributed by atoms with Crippen LogP contribution in [0.15, 0.2) is 42.5 Å². The summed E-state index contributed by atoms with van der Waals surface area (Å²) < 4.78 is 16.8. The Hall–Kier alpha value is -3.37. The van der Waals surface area contributed by atoms with Crippen molar-refractivity contribution in [3.05, 3.63) is 59.2 Å². The molecular weight excluding hydrogens is 396 g/mol. The van der Waals surface area contributed by atoms with Crippen molar-refractivity contribution in [2.45, 2.75) is 26.4 Å². The van der Waals surface area contributed by atoms with Crippen molar-refractivity contribution in [2.75, 3.05) is 25.6 Å². The van der Waals surface area contributed by atoms with Crippen molar-refractivity contribution < 1.29 is 23.8 Å². The molecule has 0 spiro atoms. The van der Waals surface area contributed by atoms with Crippen molar-refractivity contribution >= 4 is 17.6 Å². The summed E-state index contributed by atoms with van der Waals surface area (Å²) in [4.78, 5) is 24.7. The fourth-order valence-corrected chi connectivity index (χ4v) is 3.44. The van der Waals surface area contributed by atoms with Crippen LogP contribution in [0.25, 0.3) is 0 Å². The summed E-state index contributed by atoms with van der Waals surface area (Å²) >= 11 is 0. The third-order valence-corrected chi connectivity index (χ3v) is 4.99. The Bertz CT molecular complexity index is 978. The monoisotopic (exact) mass is 422 g/mol. The van der Waals surface area contributed by atoms with E-state index in [0.717, 1.165) is 5.56 Å². The van der Waals surface area contributed by atoms with Gasteiger partial charge in [-0.15, -0.1) is 0 Å². The average Bonchev–Trinajstić information content (AvgIpc) is 2.77. The molecule has 0 bridgehead atoms. The average molecular weight is 422 g/mol. The van der Waals surface area contributed by atoms with Gasteiger partial charge >= 0.3 is 5.97 Å². The molecule has 2 aromatic carbocycles. The molecule has 1 aliphatic rings. The van der Waals surface area contributed by atoms with Crippen molar-refractivity contribution in [3.63, 3.8) is 0 Å². The Kier molecular flexibility index (Phi) is 7.27. The minimum Gasteiger partial charge on any atom is -0.493 e. The maximum absolute atomic E-state index is 12.6. The number of benzene rings is 2. The van der Waals surface area contributed by atoms with Gasteiger partial charge in [-0.2, -0.15) is 5.26 Å². The number of ether oxygens (including phenoxy) is 3. The smallest absolute Gasteiger partial charge is 0.306 e. The lowest BCUT2D eigenvalue weighted by Crippen LogP contribution is -2.30. The first-order valence-electron chi connectivity index (χ1n) is 10.2. The Morgan fingerprint density at radius 1 is 1.23 bits per heavy atom. The lowest BCUT2D eigenvalue weighted by molar-refractivity contribution is -0.148. The summed E-state index contributed by atoms with van der Waals surface area (Å²) in [6.07, 6.45) is -0.172. The van der Waals surface area contributed by atoms with E-state index < -0.39 is 0 Å². The van der Waals surface area contributed by atoms with Crippen LogP contribution in [0.2, 0.25) is 0 Å². The van der Waals surface area contributed by atoms with E-state index in [9.17, 15) is 9.59 Å². The zero-order valence-corrected chi connectivity index (χ0v) is 17.9. The van der Waals surface area contributed by atoms with Crippen LogP contribution in [0.5, 0.6) is 5.75 Å². The Balaban J connectivity index is 1.73. The molecule has 162 valence electrons. The van der Waals surface area contributed by atoms with E-state index >= 15 is 0 Å². The zero-order valence-electron chi connectivity index (χ0n) is 17.9. The molecule has 1 amide bonds. The van der Waals surface area contributed by atoms with Crippen molar-refractivity contribution in [1.29, 1.82) is 5.26 Å². The molecule has 0 saturated heterocycles. The highest BCUT2D eigenvalue weighted by molar-refractivity contribution is 6.04. The van der Waals surface area contributed by atoms with Crippen LogP contribution in [0.3, 0.4) is 0 Å². The number of carbonyl (C=O) groups is 2. The van der Waals surface area contributed by atoms with Gasteiger partial charge in [-0.3, -0.25) is 9.59 Å². The molecule has 7 nitrogen and oxygen atoms in total. The summed E-state index contributed by atoms with van der Waals surface area (Å²) in [7, 11) is 1.59. The molecule has 31 heavy (non-hydrogen) atoms. The number of hydrogen-bond acceptors (Lipinski definition) is 6. The SMILES string of the molecule is COC1c2cc(NC(=O)c3ccc(C#N)cc3)ccc2OCC1CC(=O)OCC(C)C. The van der Waals surface area contributed by atoms with E-state index in [1.807, 2.05) is 19.9 Å². The third kappa shape index (κ3) is 5.62. The number of nitrogens with one attached hydrogen (secondary N) is 1. The fraction of sp³-hybridized carbons (Fsp3) is 0.375. The van der Waals surface area contributed by atoms with Crippen LogP contribution in [0.4, 0.5) is 5.69 Å². The lowest BCUT2D eigenvalue weighted by Gasteiger charge is -2.32. The third-order valence-electron chi connectivity index (χ3n) is 4.99. The topological polar surface area (TPSA) is 97.6 Å². The minimum absolute atomic E-state index is 0.187. The summed E-state index contributed by atoms with van der Waals surface area (Å²) in [5.41, 5.74) is 2.29. The van der Waals surface area contributed by atoms with Crippen LogP contribution in [0, 0.1) is 23.2 Å². The second kappa shape index (κ2) is 10.1. The largest absolute Gasteiger partial charge is 0.493 e. The zero-order chi connectivity index (χ0) is 22.4. The molecule has 3 rings (SSSR count). The standard InChI is InChI=1S/C24H26N2O5/c1-15(2)13-31-22(27)10-18-14-30-21-9-8-19(11-20(21)23(18)29-3)26-24(28)17-6-4-16(12-25)5-7-17/h4-9,11,15,18,23H,10,13-14H2,1-3H3,(H,26,28). The molecular formula is C24H26N2O5. The molecule has 2 aromatic rings. The van der Waals surface area contributed by atoms with Crippen LogP contribution in [-0.2, 0) is 14.3 Å². The second-order valence-electron chi connectivity index (χ2n) is 7.90. The number of esters is 1. The normalized spacial score (nSPS) is 17.3. The van der Waals surface area contributed by atoms with Gasteiger partial charge in [-0.05, 0) is 48.4 Å². The predicted molar refractivity (Wildman–Crippen MR) is 115 cm³/mol. The summed E-state index contributed by atoms with van der Waals surface area (Å²) in [5.74, 6) is 0.173. The van der Waals surface area contributed by atoms with Gasteiger partial charge in [0, 0.05) is 29.8 Å². The maximum atomic E-state index is 12.6. The number of hydrogen-bond donors (Lipinski definition) is 1. The lowest BCUT2D eigenvalue weighted by atomic mass is 9.90. The highest BCUT2D eigenvalue weighted by Gasteiger charge is 2.33. The van der Waals surface area contributed by atoms with Gasteiger partial charge in [0.25, 0.3) is 5.91 Å². The maximum Gasteiger partial charge on any atom is 0.306 e. The summed E-state index contributed by atoms with van der Waals surface area (Å²) in [5, 5.41) is 11.7. The number of nitrogens with zero attached hydrogens (tertiary/aromatic N) is 1. The molecule has 2 unspecified atom stereocenters. The number of rotatable bonds is 7. The molecule has 1 aliphatic heterocycles. The first kappa shape index (κ1) is 22.3. The molecule has 0 saturated carbocycles.